The summed E-state index contributed by atoms with van der Waals surface area (Å²) in [4.78, 5) is 28.5. The number of aromatic nitrogens is 1. The summed E-state index contributed by atoms with van der Waals surface area (Å²) in [7, 11) is 1.26. The van der Waals surface area contributed by atoms with Gasteiger partial charge in [0.1, 0.15) is 11.6 Å². The van der Waals surface area contributed by atoms with Crippen LogP contribution in [-0.2, 0) is 16.1 Å². The predicted octanol–water partition coefficient (Wildman–Crippen LogP) is 4.61. The van der Waals surface area contributed by atoms with E-state index in [0.717, 1.165) is 10.6 Å². The van der Waals surface area contributed by atoms with Gasteiger partial charge >= 0.3 is 11.9 Å². The third-order valence-corrected chi connectivity index (χ3v) is 4.81. The molecule has 0 bridgehead atoms. The summed E-state index contributed by atoms with van der Waals surface area (Å²) in [6.07, 6.45) is 0. The number of rotatable bonds is 5. The molecule has 0 radical (unpaired) electrons. The molecule has 3 rings (SSSR count). The van der Waals surface area contributed by atoms with Gasteiger partial charge < -0.3 is 9.47 Å². The third-order valence-electron chi connectivity index (χ3n) is 3.56. The van der Waals surface area contributed by atoms with Crippen LogP contribution < -0.4 is 0 Å². The van der Waals surface area contributed by atoms with Crippen molar-refractivity contribution in [2.75, 3.05) is 7.11 Å². The van der Waals surface area contributed by atoms with Gasteiger partial charge in [-0.25, -0.2) is 14.6 Å². The molecule has 1 aromatic heterocycles. The van der Waals surface area contributed by atoms with Crippen LogP contribution in [0.15, 0.2) is 53.9 Å². The lowest BCUT2D eigenvalue weighted by molar-refractivity contribution is 0.0454. The van der Waals surface area contributed by atoms with Crippen molar-refractivity contribution in [3.8, 4) is 10.6 Å². The summed E-state index contributed by atoms with van der Waals surface area (Å²) in [5.74, 6) is -1.20. The van der Waals surface area contributed by atoms with E-state index in [1.165, 1.54) is 30.6 Å². The molecule has 0 fully saturated rings. The molecule has 5 nitrogen and oxygen atoms in total. The molecular weight excluding hydrogens is 374 g/mol. The second-order valence-corrected chi connectivity index (χ2v) is 6.50. The molecule has 132 valence electrons. The Morgan fingerprint density at radius 1 is 1.04 bits per heavy atom. The summed E-state index contributed by atoms with van der Waals surface area (Å²) >= 11 is 7.59. The molecule has 0 aliphatic carbocycles. The van der Waals surface area contributed by atoms with Crippen molar-refractivity contribution in [3.05, 3.63) is 75.8 Å². The van der Waals surface area contributed by atoms with Crippen LogP contribution in [0.25, 0.3) is 10.6 Å². The molecule has 0 aliphatic rings. The molecule has 0 aliphatic heterocycles. The fraction of sp³-hybridized carbons (Fsp3) is 0.105. The standard InChI is InChI=1S/C19H14ClNO4S/c1-24-18(22)13-6-2-3-7-14(13)19(23)25-10-12-11-26-17(21-12)15-8-4-5-9-16(15)20/h2-9,11H,10H2,1H3. The number of benzene rings is 2. The van der Waals surface area contributed by atoms with Gasteiger partial charge in [0.15, 0.2) is 0 Å². The van der Waals surface area contributed by atoms with Crippen LogP contribution in [0, 0.1) is 0 Å². The summed E-state index contributed by atoms with van der Waals surface area (Å²) in [6, 6.07) is 13.7. The molecule has 0 N–H and O–H groups in total. The van der Waals surface area contributed by atoms with E-state index in [0.29, 0.717) is 10.7 Å². The number of halogens is 1. The smallest absolute Gasteiger partial charge is 0.339 e. The highest BCUT2D eigenvalue weighted by Gasteiger charge is 2.18. The minimum absolute atomic E-state index is 0.00467. The zero-order valence-electron chi connectivity index (χ0n) is 13.8. The van der Waals surface area contributed by atoms with Gasteiger partial charge in [-0.2, -0.15) is 0 Å². The van der Waals surface area contributed by atoms with Crippen LogP contribution in [-0.4, -0.2) is 24.0 Å². The Balaban J connectivity index is 1.72. The van der Waals surface area contributed by atoms with Crippen molar-refractivity contribution in [3.63, 3.8) is 0 Å². The van der Waals surface area contributed by atoms with E-state index in [-0.39, 0.29) is 17.7 Å². The Hall–Kier alpha value is -2.70. The highest BCUT2D eigenvalue weighted by molar-refractivity contribution is 7.13. The molecular formula is C19H14ClNO4S. The molecule has 1 heterocycles. The average molecular weight is 388 g/mol. The van der Waals surface area contributed by atoms with Crippen LogP contribution in [0.2, 0.25) is 5.02 Å². The number of hydrogen-bond acceptors (Lipinski definition) is 6. The monoisotopic (exact) mass is 387 g/mol. The Labute approximate surface area is 159 Å². The SMILES string of the molecule is COC(=O)c1ccccc1C(=O)OCc1csc(-c2ccccc2Cl)n1. The van der Waals surface area contributed by atoms with Crippen molar-refractivity contribution in [1.82, 2.24) is 4.98 Å². The molecule has 3 aromatic rings. The maximum absolute atomic E-state index is 12.3. The topological polar surface area (TPSA) is 65.5 Å². The summed E-state index contributed by atoms with van der Waals surface area (Å²) in [6.45, 7) is -0.00467. The van der Waals surface area contributed by atoms with E-state index in [4.69, 9.17) is 16.3 Å². The van der Waals surface area contributed by atoms with Gasteiger partial charge in [-0.3, -0.25) is 0 Å². The van der Waals surface area contributed by atoms with Crippen LogP contribution in [0.5, 0.6) is 0 Å². The van der Waals surface area contributed by atoms with Crippen LogP contribution in [0.3, 0.4) is 0 Å². The number of hydrogen-bond donors (Lipinski definition) is 0. The highest BCUT2D eigenvalue weighted by Crippen LogP contribution is 2.30. The largest absolute Gasteiger partial charge is 0.465 e. The van der Waals surface area contributed by atoms with Gasteiger partial charge in [-0.05, 0) is 18.2 Å². The second-order valence-electron chi connectivity index (χ2n) is 5.24. The fourth-order valence-corrected chi connectivity index (χ4v) is 3.42. The first-order valence-corrected chi connectivity index (χ1v) is 8.89. The molecule has 0 unspecified atom stereocenters. The Kier molecular flexibility index (Phi) is 5.65. The first kappa shape index (κ1) is 18.1. The third kappa shape index (κ3) is 3.92. The van der Waals surface area contributed by atoms with E-state index in [1.807, 2.05) is 18.2 Å². The fourth-order valence-electron chi connectivity index (χ4n) is 2.30. The van der Waals surface area contributed by atoms with Crippen molar-refractivity contribution < 1.29 is 19.1 Å². The van der Waals surface area contributed by atoms with E-state index in [1.54, 1.807) is 23.6 Å². The number of methoxy groups -OCH3 is 1. The van der Waals surface area contributed by atoms with E-state index < -0.39 is 11.9 Å². The molecule has 7 heteroatoms. The van der Waals surface area contributed by atoms with Gasteiger partial charge in [0.2, 0.25) is 0 Å². The quantitative estimate of drug-likeness (QED) is 0.598. The number of thiazole rings is 1. The molecule has 0 saturated carbocycles. The Bertz CT molecular complexity index is 954. The van der Waals surface area contributed by atoms with Gasteiger partial charge in [0, 0.05) is 10.9 Å². The Morgan fingerprint density at radius 3 is 2.38 bits per heavy atom. The van der Waals surface area contributed by atoms with Crippen LogP contribution in [0.4, 0.5) is 0 Å². The number of esters is 2. The van der Waals surface area contributed by atoms with Gasteiger partial charge in [0.05, 0.1) is 29.0 Å². The lowest BCUT2D eigenvalue weighted by Gasteiger charge is -2.07. The van der Waals surface area contributed by atoms with Crippen LogP contribution >= 0.6 is 22.9 Å². The Morgan fingerprint density at radius 2 is 1.69 bits per heavy atom. The van der Waals surface area contributed by atoms with Gasteiger partial charge in [-0.1, -0.05) is 41.9 Å². The zero-order chi connectivity index (χ0) is 18.5. The molecule has 2 aromatic carbocycles. The van der Waals surface area contributed by atoms with Crippen molar-refractivity contribution in [1.29, 1.82) is 0 Å². The summed E-state index contributed by atoms with van der Waals surface area (Å²) < 4.78 is 9.98. The first-order valence-electron chi connectivity index (χ1n) is 7.64. The summed E-state index contributed by atoms with van der Waals surface area (Å²) in [5.41, 5.74) is 1.75. The lowest BCUT2D eigenvalue weighted by atomic mass is 10.1. The molecule has 0 saturated heterocycles. The average Bonchev–Trinajstić information content (AvgIpc) is 3.14. The number of nitrogens with zero attached hydrogens (tertiary/aromatic N) is 1. The maximum Gasteiger partial charge on any atom is 0.339 e. The number of carbonyl (C=O) groups is 2. The van der Waals surface area contributed by atoms with Gasteiger partial charge in [0.25, 0.3) is 0 Å². The second kappa shape index (κ2) is 8.12. The van der Waals surface area contributed by atoms with E-state index >= 15 is 0 Å². The molecule has 0 spiro atoms. The molecule has 0 amide bonds. The van der Waals surface area contributed by atoms with Crippen molar-refractivity contribution >= 4 is 34.9 Å². The van der Waals surface area contributed by atoms with Crippen molar-refractivity contribution in [2.24, 2.45) is 0 Å². The zero-order valence-corrected chi connectivity index (χ0v) is 15.3. The molecule has 0 atom stereocenters. The lowest BCUT2D eigenvalue weighted by Crippen LogP contribution is -2.12. The molecule has 26 heavy (non-hydrogen) atoms. The van der Waals surface area contributed by atoms with Gasteiger partial charge in [-0.15, -0.1) is 11.3 Å². The number of carbonyl (C=O) groups excluding carboxylic acids is 2. The summed E-state index contributed by atoms with van der Waals surface area (Å²) in [5, 5.41) is 3.16. The first-order chi connectivity index (χ1) is 12.6. The predicted molar refractivity (Wildman–Crippen MR) is 99.5 cm³/mol. The van der Waals surface area contributed by atoms with Crippen molar-refractivity contribution in [2.45, 2.75) is 6.61 Å². The minimum atomic E-state index is -0.613. The number of ether oxygens (including phenoxy) is 2. The normalized spacial score (nSPS) is 10.4. The van der Waals surface area contributed by atoms with E-state index in [9.17, 15) is 9.59 Å². The van der Waals surface area contributed by atoms with E-state index in [2.05, 4.69) is 9.72 Å². The van der Waals surface area contributed by atoms with Crippen LogP contribution in [0.1, 0.15) is 26.4 Å². The highest BCUT2D eigenvalue weighted by atomic mass is 35.5. The minimum Gasteiger partial charge on any atom is -0.465 e. The maximum atomic E-state index is 12.3.